The van der Waals surface area contributed by atoms with E-state index in [0.717, 1.165) is 11.1 Å². The standard InChI is InChI=1S/C32H31N5O4/c38-28-26(37-21-35-27-30(33-20-34-31(27)37)36-32(39)24-14-8-3-9-15-24)16-25(19-40-17-22-10-4-1-5-11-22)29(28)41-18-23-12-6-2-7-13-23/h1-15,20-21,25-26,28-29,38H,16-19H2,(H,33,34,36,39). The van der Waals surface area contributed by atoms with Gasteiger partial charge in [0.05, 0.1) is 38.3 Å². The Morgan fingerprint density at radius 1 is 0.878 bits per heavy atom. The van der Waals surface area contributed by atoms with Gasteiger partial charge >= 0.3 is 0 Å². The highest BCUT2D eigenvalue weighted by Gasteiger charge is 2.45. The molecule has 0 bridgehead atoms. The van der Waals surface area contributed by atoms with Crippen molar-refractivity contribution < 1.29 is 19.4 Å². The zero-order valence-corrected chi connectivity index (χ0v) is 22.4. The Kier molecular flexibility index (Phi) is 8.09. The normalized spacial score (nSPS) is 20.3. The molecule has 1 saturated carbocycles. The fraction of sp³-hybridized carbons (Fsp3) is 0.250. The number of amides is 1. The summed E-state index contributed by atoms with van der Waals surface area (Å²) in [6.45, 7) is 1.30. The zero-order valence-electron chi connectivity index (χ0n) is 22.4. The van der Waals surface area contributed by atoms with Crippen LogP contribution in [0.25, 0.3) is 11.2 Å². The van der Waals surface area contributed by atoms with Crippen LogP contribution in [0.15, 0.2) is 104 Å². The van der Waals surface area contributed by atoms with Gasteiger partial charge in [0.15, 0.2) is 17.0 Å². The molecule has 208 valence electrons. The van der Waals surface area contributed by atoms with Crippen LogP contribution >= 0.6 is 0 Å². The van der Waals surface area contributed by atoms with E-state index in [2.05, 4.69) is 20.3 Å². The number of hydrogen-bond donors (Lipinski definition) is 2. The highest BCUT2D eigenvalue weighted by Crippen LogP contribution is 2.39. The molecule has 0 spiro atoms. The van der Waals surface area contributed by atoms with E-state index in [0.29, 0.717) is 48.8 Å². The van der Waals surface area contributed by atoms with E-state index in [1.54, 1.807) is 30.6 Å². The van der Waals surface area contributed by atoms with Crippen molar-refractivity contribution in [2.24, 2.45) is 5.92 Å². The minimum absolute atomic E-state index is 0.0565. The molecule has 1 aliphatic carbocycles. The third-order valence-corrected chi connectivity index (χ3v) is 7.45. The van der Waals surface area contributed by atoms with Crippen LogP contribution in [0.2, 0.25) is 0 Å². The Bertz CT molecular complexity index is 1580. The molecule has 4 unspecified atom stereocenters. The minimum atomic E-state index is -0.821. The van der Waals surface area contributed by atoms with Gasteiger partial charge < -0.3 is 24.5 Å². The number of rotatable bonds is 10. The molecule has 9 nitrogen and oxygen atoms in total. The van der Waals surface area contributed by atoms with E-state index in [-0.39, 0.29) is 17.9 Å². The second-order valence-electron chi connectivity index (χ2n) is 10.2. The smallest absolute Gasteiger partial charge is 0.256 e. The quantitative estimate of drug-likeness (QED) is 0.257. The molecule has 0 aliphatic heterocycles. The summed E-state index contributed by atoms with van der Waals surface area (Å²) in [6.07, 6.45) is 2.38. The number of fused-ring (bicyclic) bond motifs is 1. The monoisotopic (exact) mass is 549 g/mol. The fourth-order valence-electron chi connectivity index (χ4n) is 5.38. The maximum Gasteiger partial charge on any atom is 0.256 e. The second kappa shape index (κ2) is 12.4. The maximum absolute atomic E-state index is 12.8. The van der Waals surface area contributed by atoms with E-state index in [1.807, 2.05) is 71.3 Å². The van der Waals surface area contributed by atoms with Crippen molar-refractivity contribution in [2.75, 3.05) is 11.9 Å². The number of carbonyl (C=O) groups is 1. The molecule has 41 heavy (non-hydrogen) atoms. The van der Waals surface area contributed by atoms with Crippen molar-refractivity contribution in [2.45, 2.75) is 37.9 Å². The van der Waals surface area contributed by atoms with Gasteiger partial charge in [0.25, 0.3) is 5.91 Å². The van der Waals surface area contributed by atoms with E-state index in [9.17, 15) is 9.90 Å². The number of nitrogens with zero attached hydrogens (tertiary/aromatic N) is 4. The van der Waals surface area contributed by atoms with Crippen molar-refractivity contribution in [1.29, 1.82) is 0 Å². The molecule has 0 saturated heterocycles. The van der Waals surface area contributed by atoms with Gasteiger partial charge in [-0.1, -0.05) is 78.9 Å². The molecular formula is C32H31N5O4. The van der Waals surface area contributed by atoms with E-state index >= 15 is 0 Å². The van der Waals surface area contributed by atoms with Gasteiger partial charge in [0.2, 0.25) is 0 Å². The Labute approximate surface area is 237 Å². The lowest BCUT2D eigenvalue weighted by Crippen LogP contribution is -2.33. The van der Waals surface area contributed by atoms with Gasteiger partial charge in [-0.05, 0) is 29.7 Å². The van der Waals surface area contributed by atoms with E-state index < -0.39 is 12.2 Å². The first kappa shape index (κ1) is 26.8. The molecule has 3 aromatic carbocycles. The topological polar surface area (TPSA) is 111 Å². The zero-order chi connectivity index (χ0) is 28.0. The summed E-state index contributed by atoms with van der Waals surface area (Å²) in [6, 6.07) is 28.5. The highest BCUT2D eigenvalue weighted by molar-refractivity contribution is 6.06. The molecule has 1 amide bonds. The third kappa shape index (κ3) is 6.02. The molecular weight excluding hydrogens is 518 g/mol. The largest absolute Gasteiger partial charge is 0.388 e. The molecule has 2 aromatic heterocycles. The molecule has 0 radical (unpaired) electrons. The van der Waals surface area contributed by atoms with E-state index in [4.69, 9.17) is 9.47 Å². The van der Waals surface area contributed by atoms with Gasteiger partial charge in [-0.15, -0.1) is 0 Å². The summed E-state index contributed by atoms with van der Waals surface area (Å²) in [5, 5.41) is 14.4. The number of imidazole rings is 1. The summed E-state index contributed by atoms with van der Waals surface area (Å²) in [5.41, 5.74) is 3.62. The Morgan fingerprint density at radius 2 is 1.54 bits per heavy atom. The first-order chi connectivity index (χ1) is 20.2. The van der Waals surface area contributed by atoms with Gasteiger partial charge in [-0.3, -0.25) is 4.79 Å². The lowest BCUT2D eigenvalue weighted by Gasteiger charge is -2.24. The fourth-order valence-corrected chi connectivity index (χ4v) is 5.38. The SMILES string of the molecule is O=C(Nc1ncnc2c1ncn2C1CC(COCc2ccccc2)C(OCc2ccccc2)C1O)c1ccccc1. The van der Waals surface area contributed by atoms with Crippen LogP contribution < -0.4 is 5.32 Å². The van der Waals surface area contributed by atoms with Crippen LogP contribution in [0.5, 0.6) is 0 Å². The van der Waals surface area contributed by atoms with Crippen LogP contribution in [0.3, 0.4) is 0 Å². The molecule has 6 rings (SSSR count). The van der Waals surface area contributed by atoms with Crippen LogP contribution in [0, 0.1) is 5.92 Å². The summed E-state index contributed by atoms with van der Waals surface area (Å²) in [4.78, 5) is 26.0. The Balaban J connectivity index is 1.22. The number of ether oxygens (including phenoxy) is 2. The van der Waals surface area contributed by atoms with Gasteiger partial charge in [0, 0.05) is 11.5 Å². The maximum atomic E-state index is 12.8. The summed E-state index contributed by atoms with van der Waals surface area (Å²) in [5.74, 6) is -0.0280. The van der Waals surface area contributed by atoms with Gasteiger partial charge in [-0.25, -0.2) is 15.0 Å². The first-order valence-corrected chi connectivity index (χ1v) is 13.7. The molecule has 9 heteroatoms. The molecule has 1 fully saturated rings. The number of hydrogen-bond acceptors (Lipinski definition) is 7. The van der Waals surface area contributed by atoms with Crippen molar-refractivity contribution >= 4 is 22.9 Å². The lowest BCUT2D eigenvalue weighted by atomic mass is 10.1. The number of benzene rings is 3. The van der Waals surface area contributed by atoms with Gasteiger partial charge in [0.1, 0.15) is 12.4 Å². The summed E-state index contributed by atoms with van der Waals surface area (Å²) >= 11 is 0. The lowest BCUT2D eigenvalue weighted by molar-refractivity contribution is -0.0713. The van der Waals surface area contributed by atoms with E-state index in [1.165, 1.54) is 6.33 Å². The summed E-state index contributed by atoms with van der Waals surface area (Å²) in [7, 11) is 0. The first-order valence-electron chi connectivity index (χ1n) is 13.7. The number of carbonyl (C=O) groups excluding carboxylic acids is 1. The number of aromatic nitrogens is 4. The van der Waals surface area contributed by atoms with Crippen LogP contribution in [0.4, 0.5) is 5.82 Å². The Morgan fingerprint density at radius 3 is 2.24 bits per heavy atom. The number of aliphatic hydroxyl groups excluding tert-OH is 1. The average Bonchev–Trinajstić information content (AvgIpc) is 3.58. The van der Waals surface area contributed by atoms with Gasteiger partial charge in [-0.2, -0.15) is 0 Å². The summed E-state index contributed by atoms with van der Waals surface area (Å²) < 4.78 is 14.3. The van der Waals surface area contributed by atoms with Crippen molar-refractivity contribution in [3.05, 3.63) is 120 Å². The average molecular weight is 550 g/mol. The molecule has 5 aromatic rings. The third-order valence-electron chi connectivity index (χ3n) is 7.45. The predicted molar refractivity (Wildman–Crippen MR) is 154 cm³/mol. The Hall–Kier alpha value is -4.44. The predicted octanol–water partition coefficient (Wildman–Crippen LogP) is 4.80. The molecule has 4 atom stereocenters. The second-order valence-corrected chi connectivity index (χ2v) is 10.2. The van der Waals surface area contributed by atoms with Crippen LogP contribution in [-0.2, 0) is 22.7 Å². The number of anilines is 1. The number of aliphatic hydroxyl groups is 1. The molecule has 1 aliphatic rings. The molecule has 2 heterocycles. The minimum Gasteiger partial charge on any atom is -0.388 e. The van der Waals surface area contributed by atoms with Crippen molar-refractivity contribution in [3.8, 4) is 0 Å². The molecule has 2 N–H and O–H groups in total. The highest BCUT2D eigenvalue weighted by atomic mass is 16.5. The van der Waals surface area contributed by atoms with Crippen LogP contribution in [0.1, 0.15) is 33.9 Å². The van der Waals surface area contributed by atoms with Crippen molar-refractivity contribution in [1.82, 2.24) is 19.5 Å². The van der Waals surface area contributed by atoms with Crippen molar-refractivity contribution in [3.63, 3.8) is 0 Å². The number of nitrogens with one attached hydrogen (secondary N) is 1. The van der Waals surface area contributed by atoms with Crippen LogP contribution in [-0.4, -0.2) is 49.3 Å².